The Kier molecular flexibility index (Phi) is 2.20. The first kappa shape index (κ1) is 10.4. The molecule has 2 fully saturated rings. The topological polar surface area (TPSA) is 52.0 Å². The maximum atomic E-state index is 6.34. The Labute approximate surface area is 87.4 Å². The SMILES string of the molecule is CC1(C)CC[C@@H]2C[C@H]1C[C@H](N)[C@@]2(C)N. The van der Waals surface area contributed by atoms with Crippen molar-refractivity contribution in [2.24, 2.45) is 28.7 Å². The number of hydrogen-bond donors (Lipinski definition) is 2. The minimum absolute atomic E-state index is 0.118. The van der Waals surface area contributed by atoms with Gasteiger partial charge in [-0.1, -0.05) is 13.8 Å². The lowest BCUT2D eigenvalue weighted by Gasteiger charge is -2.55. The zero-order valence-corrected chi connectivity index (χ0v) is 9.72. The van der Waals surface area contributed by atoms with Gasteiger partial charge in [-0.2, -0.15) is 0 Å². The van der Waals surface area contributed by atoms with E-state index in [4.69, 9.17) is 11.5 Å². The van der Waals surface area contributed by atoms with Crippen molar-refractivity contribution < 1.29 is 0 Å². The molecule has 2 saturated carbocycles. The predicted octanol–water partition coefficient (Wildman–Crippen LogP) is 1.88. The highest BCUT2D eigenvalue weighted by atomic mass is 14.9. The molecular weight excluding hydrogens is 172 g/mol. The van der Waals surface area contributed by atoms with Gasteiger partial charge in [0.25, 0.3) is 0 Å². The third-order valence-corrected chi connectivity index (χ3v) is 5.03. The summed E-state index contributed by atoms with van der Waals surface area (Å²) in [7, 11) is 0. The summed E-state index contributed by atoms with van der Waals surface area (Å²) < 4.78 is 0. The van der Waals surface area contributed by atoms with Crippen molar-refractivity contribution in [3.05, 3.63) is 0 Å². The average Bonchev–Trinajstić information content (AvgIpc) is 2.06. The first-order valence-corrected chi connectivity index (χ1v) is 5.88. The molecule has 4 atom stereocenters. The molecule has 0 saturated heterocycles. The van der Waals surface area contributed by atoms with Gasteiger partial charge in [0, 0.05) is 11.6 Å². The van der Waals surface area contributed by atoms with Gasteiger partial charge in [-0.3, -0.25) is 0 Å². The Bertz CT molecular complexity index is 230. The van der Waals surface area contributed by atoms with Crippen molar-refractivity contribution in [2.45, 2.75) is 58.0 Å². The number of fused-ring (bicyclic) bond motifs is 2. The minimum Gasteiger partial charge on any atom is -0.326 e. The molecule has 2 rings (SSSR count). The molecule has 2 heteroatoms. The lowest BCUT2D eigenvalue weighted by Crippen LogP contribution is -2.64. The van der Waals surface area contributed by atoms with E-state index in [1.807, 2.05) is 0 Å². The molecule has 0 amide bonds. The van der Waals surface area contributed by atoms with Crippen LogP contribution in [0.3, 0.4) is 0 Å². The maximum absolute atomic E-state index is 6.34. The van der Waals surface area contributed by atoms with E-state index in [1.165, 1.54) is 19.3 Å². The summed E-state index contributed by atoms with van der Waals surface area (Å²) in [5, 5.41) is 0. The third kappa shape index (κ3) is 1.40. The van der Waals surface area contributed by atoms with Crippen LogP contribution < -0.4 is 11.5 Å². The molecule has 82 valence electrons. The van der Waals surface area contributed by atoms with Crippen LogP contribution in [0.1, 0.15) is 46.5 Å². The van der Waals surface area contributed by atoms with Crippen LogP contribution >= 0.6 is 0 Å². The number of nitrogens with two attached hydrogens (primary N) is 2. The summed E-state index contributed by atoms with van der Waals surface area (Å²) in [6.45, 7) is 6.93. The highest BCUT2D eigenvalue weighted by molar-refractivity contribution is 5.06. The van der Waals surface area contributed by atoms with E-state index in [0.29, 0.717) is 11.3 Å². The monoisotopic (exact) mass is 196 g/mol. The van der Waals surface area contributed by atoms with E-state index in [9.17, 15) is 0 Å². The number of hydrogen-bond acceptors (Lipinski definition) is 2. The van der Waals surface area contributed by atoms with Gasteiger partial charge < -0.3 is 11.5 Å². The van der Waals surface area contributed by atoms with Gasteiger partial charge in [0.2, 0.25) is 0 Å². The van der Waals surface area contributed by atoms with Crippen LogP contribution in [0.2, 0.25) is 0 Å². The van der Waals surface area contributed by atoms with Crippen LogP contribution in [0.15, 0.2) is 0 Å². The molecule has 0 aromatic carbocycles. The fourth-order valence-corrected chi connectivity index (χ4v) is 3.37. The van der Waals surface area contributed by atoms with E-state index in [2.05, 4.69) is 20.8 Å². The zero-order chi connectivity index (χ0) is 10.6. The van der Waals surface area contributed by atoms with Crippen LogP contribution in [0.4, 0.5) is 0 Å². The summed E-state index contributed by atoms with van der Waals surface area (Å²) in [4.78, 5) is 0. The summed E-state index contributed by atoms with van der Waals surface area (Å²) in [6, 6.07) is 0.200. The fourth-order valence-electron chi connectivity index (χ4n) is 3.37. The molecule has 0 aromatic heterocycles. The number of rotatable bonds is 0. The van der Waals surface area contributed by atoms with Gasteiger partial charge in [-0.25, -0.2) is 0 Å². The molecule has 2 aliphatic rings. The Morgan fingerprint density at radius 3 is 2.36 bits per heavy atom. The van der Waals surface area contributed by atoms with Crippen LogP contribution in [0.25, 0.3) is 0 Å². The quantitative estimate of drug-likeness (QED) is 0.621. The molecule has 0 unspecified atom stereocenters. The standard InChI is InChI=1S/C12H24N2/c1-11(2)5-4-8-6-9(11)7-10(13)12(8,3)14/h8-10H,4-7,13-14H2,1-3H3/t8-,9+,10+,12+/m1/s1. The summed E-state index contributed by atoms with van der Waals surface area (Å²) in [5.41, 5.74) is 12.9. The Morgan fingerprint density at radius 1 is 1.07 bits per heavy atom. The summed E-state index contributed by atoms with van der Waals surface area (Å²) in [5.74, 6) is 1.46. The summed E-state index contributed by atoms with van der Waals surface area (Å²) in [6.07, 6.45) is 5.01. The van der Waals surface area contributed by atoms with E-state index in [1.54, 1.807) is 0 Å². The normalized spacial score (nSPS) is 51.6. The lowest BCUT2D eigenvalue weighted by atomic mass is 9.54. The van der Waals surface area contributed by atoms with Crippen molar-refractivity contribution in [1.29, 1.82) is 0 Å². The molecule has 2 aliphatic carbocycles. The molecule has 2 nitrogen and oxygen atoms in total. The Balaban J connectivity index is 2.21. The highest BCUT2D eigenvalue weighted by Gasteiger charge is 2.49. The minimum atomic E-state index is -0.118. The van der Waals surface area contributed by atoms with Crippen molar-refractivity contribution in [3.63, 3.8) is 0 Å². The molecule has 4 N–H and O–H groups in total. The molecule has 2 bridgehead atoms. The van der Waals surface area contributed by atoms with Gasteiger partial charge in [-0.05, 0) is 49.9 Å². The maximum Gasteiger partial charge on any atom is 0.0307 e. The predicted molar refractivity (Wildman–Crippen MR) is 59.8 cm³/mol. The highest BCUT2D eigenvalue weighted by Crippen LogP contribution is 2.51. The summed E-state index contributed by atoms with van der Waals surface area (Å²) >= 11 is 0. The van der Waals surface area contributed by atoms with Gasteiger partial charge in [0.1, 0.15) is 0 Å². The molecule has 0 heterocycles. The van der Waals surface area contributed by atoms with E-state index < -0.39 is 0 Å². The van der Waals surface area contributed by atoms with Gasteiger partial charge in [0.15, 0.2) is 0 Å². The second-order valence-corrected chi connectivity index (χ2v) is 6.37. The molecule has 0 radical (unpaired) electrons. The molecular formula is C12H24N2. The van der Waals surface area contributed by atoms with E-state index in [-0.39, 0.29) is 11.6 Å². The first-order valence-electron chi connectivity index (χ1n) is 5.88. The fraction of sp³-hybridized carbons (Fsp3) is 1.00. The van der Waals surface area contributed by atoms with E-state index >= 15 is 0 Å². The lowest BCUT2D eigenvalue weighted by molar-refractivity contribution is 0.00165. The van der Waals surface area contributed by atoms with E-state index in [0.717, 1.165) is 12.3 Å². The van der Waals surface area contributed by atoms with Crippen LogP contribution in [0.5, 0.6) is 0 Å². The molecule has 14 heavy (non-hydrogen) atoms. The first-order chi connectivity index (χ1) is 6.34. The van der Waals surface area contributed by atoms with Gasteiger partial charge in [0.05, 0.1) is 0 Å². The zero-order valence-electron chi connectivity index (χ0n) is 9.72. The van der Waals surface area contributed by atoms with Crippen LogP contribution in [-0.4, -0.2) is 11.6 Å². The third-order valence-electron chi connectivity index (χ3n) is 5.03. The van der Waals surface area contributed by atoms with Crippen molar-refractivity contribution in [1.82, 2.24) is 0 Å². The Hall–Kier alpha value is -0.0800. The second-order valence-electron chi connectivity index (χ2n) is 6.37. The van der Waals surface area contributed by atoms with Crippen LogP contribution in [-0.2, 0) is 0 Å². The van der Waals surface area contributed by atoms with Gasteiger partial charge >= 0.3 is 0 Å². The second kappa shape index (κ2) is 2.96. The van der Waals surface area contributed by atoms with Crippen molar-refractivity contribution >= 4 is 0 Å². The largest absolute Gasteiger partial charge is 0.326 e. The molecule has 0 aromatic rings. The van der Waals surface area contributed by atoms with Gasteiger partial charge in [-0.15, -0.1) is 0 Å². The smallest absolute Gasteiger partial charge is 0.0307 e. The van der Waals surface area contributed by atoms with Crippen LogP contribution in [0, 0.1) is 17.3 Å². The van der Waals surface area contributed by atoms with Crippen molar-refractivity contribution in [3.8, 4) is 0 Å². The van der Waals surface area contributed by atoms with Crippen molar-refractivity contribution in [2.75, 3.05) is 0 Å². The molecule has 0 spiro atoms. The molecule has 0 aliphatic heterocycles. The Morgan fingerprint density at radius 2 is 1.71 bits per heavy atom. The average molecular weight is 196 g/mol.